The average Bonchev–Trinajstić information content (AvgIpc) is 2.87. The normalized spacial score (nSPS) is 23.8. The van der Waals surface area contributed by atoms with E-state index >= 15 is 0 Å². The van der Waals surface area contributed by atoms with Crippen LogP contribution in [-0.2, 0) is 4.74 Å². The molecule has 2 heterocycles. The lowest BCUT2D eigenvalue weighted by Crippen LogP contribution is -2.38. The van der Waals surface area contributed by atoms with E-state index in [9.17, 15) is 0 Å². The van der Waals surface area contributed by atoms with Crippen LogP contribution in [0.15, 0.2) is 5.38 Å². The number of morpholine rings is 1. The number of thiazole rings is 1. The lowest BCUT2D eigenvalue weighted by Gasteiger charge is -2.30. The molecule has 1 aliphatic rings. The Kier molecular flexibility index (Phi) is 4.50. The van der Waals surface area contributed by atoms with Gasteiger partial charge in [0.2, 0.25) is 0 Å². The molecule has 2 atom stereocenters. The number of ether oxygens (including phenoxy) is 1. The van der Waals surface area contributed by atoms with Crippen LogP contribution >= 0.6 is 11.3 Å². The minimum Gasteiger partial charge on any atom is -0.368 e. The average molecular weight is 255 g/mol. The van der Waals surface area contributed by atoms with Gasteiger partial charge in [-0.3, -0.25) is 4.90 Å². The summed E-state index contributed by atoms with van der Waals surface area (Å²) in [6.07, 6.45) is 0.159. The standard InChI is InChI=1S/C12H21N3OS/c1-4-15-5-6-16-11(7-15)12-14-10(8-17-12)9(2)13-3/h8-9,11,13H,4-7H2,1-3H3. The Labute approximate surface area is 107 Å². The molecule has 1 N–H and O–H groups in total. The van der Waals surface area contributed by atoms with Crippen LogP contribution in [0, 0.1) is 0 Å². The van der Waals surface area contributed by atoms with Gasteiger partial charge in [-0.1, -0.05) is 6.92 Å². The molecule has 2 rings (SSSR count). The van der Waals surface area contributed by atoms with Crippen LogP contribution in [0.1, 0.15) is 36.7 Å². The third-order valence-electron chi connectivity index (χ3n) is 3.29. The Morgan fingerprint density at radius 2 is 2.53 bits per heavy atom. The molecule has 1 fully saturated rings. The van der Waals surface area contributed by atoms with Gasteiger partial charge in [0.25, 0.3) is 0 Å². The SMILES string of the molecule is CCN1CCOC(c2nc(C(C)NC)cs2)C1. The zero-order chi connectivity index (χ0) is 12.3. The van der Waals surface area contributed by atoms with Crippen LogP contribution in [0.3, 0.4) is 0 Å². The molecule has 0 aromatic carbocycles. The topological polar surface area (TPSA) is 37.4 Å². The van der Waals surface area contributed by atoms with Crippen LogP contribution < -0.4 is 5.32 Å². The molecule has 17 heavy (non-hydrogen) atoms. The summed E-state index contributed by atoms with van der Waals surface area (Å²) in [5.41, 5.74) is 1.12. The maximum absolute atomic E-state index is 5.81. The van der Waals surface area contributed by atoms with Crippen LogP contribution in [0.4, 0.5) is 0 Å². The van der Waals surface area contributed by atoms with E-state index in [1.165, 1.54) is 0 Å². The molecule has 4 nitrogen and oxygen atoms in total. The first-order chi connectivity index (χ1) is 8.24. The van der Waals surface area contributed by atoms with Crippen molar-refractivity contribution in [3.8, 4) is 0 Å². The molecule has 1 aromatic heterocycles. The lowest BCUT2D eigenvalue weighted by molar-refractivity contribution is -0.0283. The van der Waals surface area contributed by atoms with E-state index in [1.807, 2.05) is 7.05 Å². The Morgan fingerprint density at radius 1 is 1.71 bits per heavy atom. The molecule has 1 aliphatic heterocycles. The van der Waals surface area contributed by atoms with Gasteiger partial charge in [-0.15, -0.1) is 11.3 Å². The summed E-state index contributed by atoms with van der Waals surface area (Å²) in [5.74, 6) is 0. The van der Waals surface area contributed by atoms with Crippen molar-refractivity contribution >= 4 is 11.3 Å². The van der Waals surface area contributed by atoms with E-state index in [-0.39, 0.29) is 6.10 Å². The summed E-state index contributed by atoms with van der Waals surface area (Å²) in [5, 5.41) is 6.45. The highest BCUT2D eigenvalue weighted by Gasteiger charge is 2.24. The van der Waals surface area contributed by atoms with E-state index in [2.05, 4.69) is 34.4 Å². The molecule has 2 unspecified atom stereocenters. The molecule has 1 saturated heterocycles. The summed E-state index contributed by atoms with van der Waals surface area (Å²) in [7, 11) is 1.96. The first kappa shape index (κ1) is 13.0. The summed E-state index contributed by atoms with van der Waals surface area (Å²) in [4.78, 5) is 7.09. The third kappa shape index (κ3) is 3.04. The molecule has 5 heteroatoms. The maximum Gasteiger partial charge on any atom is 0.123 e. The molecule has 0 aliphatic carbocycles. The van der Waals surface area contributed by atoms with E-state index < -0.39 is 0 Å². The van der Waals surface area contributed by atoms with Crippen molar-refractivity contribution in [1.29, 1.82) is 0 Å². The number of rotatable bonds is 4. The van der Waals surface area contributed by atoms with Gasteiger partial charge < -0.3 is 10.1 Å². The van der Waals surface area contributed by atoms with Crippen molar-refractivity contribution in [2.45, 2.75) is 26.0 Å². The van der Waals surface area contributed by atoms with Crippen LogP contribution in [0.25, 0.3) is 0 Å². The van der Waals surface area contributed by atoms with Crippen molar-refractivity contribution in [3.63, 3.8) is 0 Å². The first-order valence-corrected chi connectivity index (χ1v) is 7.09. The van der Waals surface area contributed by atoms with E-state index in [4.69, 9.17) is 4.74 Å². The van der Waals surface area contributed by atoms with Gasteiger partial charge in [-0.25, -0.2) is 4.98 Å². The zero-order valence-electron chi connectivity index (χ0n) is 10.8. The summed E-state index contributed by atoms with van der Waals surface area (Å²) >= 11 is 1.71. The molecule has 0 saturated carbocycles. The molecular formula is C12H21N3OS. The van der Waals surface area contributed by atoms with Crippen LogP contribution in [0.2, 0.25) is 0 Å². The van der Waals surface area contributed by atoms with Crippen molar-refractivity contribution in [3.05, 3.63) is 16.1 Å². The van der Waals surface area contributed by atoms with Gasteiger partial charge in [0.1, 0.15) is 11.1 Å². The molecule has 0 amide bonds. The molecule has 96 valence electrons. The van der Waals surface area contributed by atoms with Gasteiger partial charge in [-0.05, 0) is 20.5 Å². The van der Waals surface area contributed by atoms with Crippen LogP contribution in [0.5, 0.6) is 0 Å². The lowest BCUT2D eigenvalue weighted by atomic mass is 10.2. The number of likely N-dealkylation sites (N-methyl/N-ethyl adjacent to an activating group) is 1. The number of hydrogen-bond acceptors (Lipinski definition) is 5. The fourth-order valence-corrected chi connectivity index (χ4v) is 2.89. The van der Waals surface area contributed by atoms with E-state index in [0.29, 0.717) is 6.04 Å². The first-order valence-electron chi connectivity index (χ1n) is 6.21. The molecule has 0 radical (unpaired) electrons. The number of nitrogens with zero attached hydrogens (tertiary/aromatic N) is 2. The van der Waals surface area contributed by atoms with Gasteiger partial charge in [0.15, 0.2) is 0 Å². The molecule has 0 spiro atoms. The maximum atomic E-state index is 5.81. The van der Waals surface area contributed by atoms with Crippen LogP contribution in [-0.4, -0.2) is 43.2 Å². The Morgan fingerprint density at radius 3 is 3.24 bits per heavy atom. The molecule has 1 aromatic rings. The fraction of sp³-hybridized carbons (Fsp3) is 0.750. The van der Waals surface area contributed by atoms with Crippen molar-refractivity contribution < 1.29 is 4.74 Å². The highest BCUT2D eigenvalue weighted by Crippen LogP contribution is 2.26. The predicted octanol–water partition coefficient (Wildman–Crippen LogP) is 1.82. The minimum atomic E-state index is 0.159. The predicted molar refractivity (Wildman–Crippen MR) is 70.4 cm³/mol. The van der Waals surface area contributed by atoms with Crippen molar-refractivity contribution in [1.82, 2.24) is 15.2 Å². The van der Waals surface area contributed by atoms with E-state index in [0.717, 1.165) is 36.9 Å². The Hall–Kier alpha value is -0.490. The summed E-state index contributed by atoms with van der Waals surface area (Å²) in [6, 6.07) is 0.311. The van der Waals surface area contributed by atoms with E-state index in [1.54, 1.807) is 11.3 Å². The number of aromatic nitrogens is 1. The largest absolute Gasteiger partial charge is 0.368 e. The smallest absolute Gasteiger partial charge is 0.123 e. The van der Waals surface area contributed by atoms with Crippen molar-refractivity contribution in [2.24, 2.45) is 0 Å². The van der Waals surface area contributed by atoms with Crippen molar-refractivity contribution in [2.75, 3.05) is 33.3 Å². The fourth-order valence-electron chi connectivity index (χ4n) is 1.93. The second-order valence-electron chi connectivity index (χ2n) is 4.37. The van der Waals surface area contributed by atoms with Gasteiger partial charge in [0.05, 0.1) is 12.3 Å². The highest BCUT2D eigenvalue weighted by atomic mass is 32.1. The number of nitrogens with one attached hydrogen (secondary N) is 1. The second kappa shape index (κ2) is 5.91. The minimum absolute atomic E-state index is 0.159. The van der Waals surface area contributed by atoms with Gasteiger partial charge in [0, 0.05) is 24.5 Å². The number of hydrogen-bond donors (Lipinski definition) is 1. The second-order valence-corrected chi connectivity index (χ2v) is 5.26. The highest BCUT2D eigenvalue weighted by molar-refractivity contribution is 7.09. The molecule has 0 bridgehead atoms. The summed E-state index contributed by atoms with van der Waals surface area (Å²) < 4.78 is 5.81. The van der Waals surface area contributed by atoms with Gasteiger partial charge in [-0.2, -0.15) is 0 Å². The quantitative estimate of drug-likeness (QED) is 0.890. The Balaban J connectivity index is 2.04. The zero-order valence-corrected chi connectivity index (χ0v) is 11.6. The molecular weight excluding hydrogens is 234 g/mol. The summed E-state index contributed by atoms with van der Waals surface area (Å²) in [6.45, 7) is 8.23. The van der Waals surface area contributed by atoms with Gasteiger partial charge >= 0.3 is 0 Å². The third-order valence-corrected chi connectivity index (χ3v) is 4.24. The monoisotopic (exact) mass is 255 g/mol. The Bertz CT molecular complexity index is 355.